The molecular formula is C29H38N6O5S. The SMILES string of the molecule is N/C(=N/O)N1CCC(CNC(=O)[C@@H]2CC[C@H]3CN(S(=O)(=O)CC(c4ccccc4)c4ccccc4)CC(=O)N32)CC1. The number of piperazine rings is 1. The van der Waals surface area contributed by atoms with Crippen molar-refractivity contribution >= 4 is 27.8 Å². The topological polar surface area (TPSA) is 149 Å². The van der Waals surface area contributed by atoms with Crippen molar-refractivity contribution in [1.82, 2.24) is 19.4 Å². The van der Waals surface area contributed by atoms with Crippen LogP contribution in [0.1, 0.15) is 42.7 Å². The van der Waals surface area contributed by atoms with E-state index in [1.54, 1.807) is 9.80 Å². The van der Waals surface area contributed by atoms with Crippen LogP contribution in [0.5, 0.6) is 0 Å². The minimum absolute atomic E-state index is 0.0970. The van der Waals surface area contributed by atoms with Crippen LogP contribution in [-0.2, 0) is 19.6 Å². The number of nitrogens with zero attached hydrogens (tertiary/aromatic N) is 4. The quantitative estimate of drug-likeness (QED) is 0.184. The number of hydrogen-bond donors (Lipinski definition) is 3. The van der Waals surface area contributed by atoms with Gasteiger partial charge in [-0.2, -0.15) is 4.31 Å². The smallest absolute Gasteiger partial charge is 0.242 e. The zero-order valence-corrected chi connectivity index (χ0v) is 23.8. The van der Waals surface area contributed by atoms with Crippen LogP contribution in [0.25, 0.3) is 0 Å². The number of fused-ring (bicyclic) bond motifs is 1. The van der Waals surface area contributed by atoms with Crippen LogP contribution in [0.2, 0.25) is 0 Å². The molecule has 220 valence electrons. The lowest BCUT2D eigenvalue weighted by Crippen LogP contribution is -2.60. The minimum Gasteiger partial charge on any atom is -0.408 e. The summed E-state index contributed by atoms with van der Waals surface area (Å²) >= 11 is 0. The number of guanidine groups is 1. The number of amides is 2. The summed E-state index contributed by atoms with van der Waals surface area (Å²) in [6, 6.07) is 18.2. The standard InChI is InChI=1S/C29H38N6O5S/c30-29(32-38)33-15-13-21(14-16-33)17-31-28(37)26-12-11-24-18-34(19-27(36)35(24)26)41(39,40)20-25(22-7-3-1-4-8-22)23-9-5-2-6-10-23/h1-10,21,24-26,38H,11-20H2,(H2,30,32)(H,31,37)/t24-,26-/m0/s1. The first-order valence-electron chi connectivity index (χ1n) is 14.2. The Balaban J connectivity index is 1.20. The van der Waals surface area contributed by atoms with Gasteiger partial charge in [0, 0.05) is 38.1 Å². The third kappa shape index (κ3) is 6.48. The second-order valence-corrected chi connectivity index (χ2v) is 13.1. The Morgan fingerprint density at radius 2 is 1.61 bits per heavy atom. The minimum atomic E-state index is -3.78. The first-order valence-corrected chi connectivity index (χ1v) is 15.8. The van der Waals surface area contributed by atoms with Crippen molar-refractivity contribution in [3.8, 4) is 0 Å². The number of nitrogens with two attached hydrogens (primary N) is 1. The van der Waals surface area contributed by atoms with E-state index in [0.29, 0.717) is 32.5 Å². The molecule has 0 aliphatic carbocycles. The number of likely N-dealkylation sites (tertiary alicyclic amines) is 1. The Bertz CT molecular complexity index is 1310. The summed E-state index contributed by atoms with van der Waals surface area (Å²) in [6.45, 7) is 1.72. The van der Waals surface area contributed by atoms with E-state index in [1.807, 2.05) is 60.7 Å². The molecule has 0 saturated carbocycles. The molecule has 2 aromatic rings. The maximum atomic E-state index is 13.7. The first-order chi connectivity index (χ1) is 19.8. The maximum absolute atomic E-state index is 13.7. The monoisotopic (exact) mass is 582 g/mol. The zero-order chi connectivity index (χ0) is 29.0. The summed E-state index contributed by atoms with van der Waals surface area (Å²) in [4.78, 5) is 29.8. The van der Waals surface area contributed by atoms with Crippen LogP contribution in [-0.4, -0.2) is 96.1 Å². The Hall–Kier alpha value is -3.64. The van der Waals surface area contributed by atoms with E-state index in [0.717, 1.165) is 24.0 Å². The Morgan fingerprint density at radius 1 is 1.00 bits per heavy atom. The molecule has 3 fully saturated rings. The van der Waals surface area contributed by atoms with Gasteiger partial charge in [-0.3, -0.25) is 9.59 Å². The van der Waals surface area contributed by atoms with E-state index in [4.69, 9.17) is 10.9 Å². The summed E-state index contributed by atoms with van der Waals surface area (Å²) in [5.41, 5.74) is 7.47. The van der Waals surface area contributed by atoms with Crippen molar-refractivity contribution in [3.63, 3.8) is 0 Å². The first kappa shape index (κ1) is 28.9. The molecule has 2 atom stereocenters. The van der Waals surface area contributed by atoms with Gasteiger partial charge < -0.3 is 26.1 Å². The number of sulfonamides is 1. The van der Waals surface area contributed by atoms with Crippen molar-refractivity contribution in [1.29, 1.82) is 0 Å². The summed E-state index contributed by atoms with van der Waals surface area (Å²) < 4.78 is 28.7. The van der Waals surface area contributed by atoms with Crippen LogP contribution in [0, 0.1) is 5.92 Å². The van der Waals surface area contributed by atoms with Crippen LogP contribution in [0.4, 0.5) is 0 Å². The highest BCUT2D eigenvalue weighted by Crippen LogP contribution is 2.32. The summed E-state index contributed by atoms with van der Waals surface area (Å²) in [5.74, 6) is -0.662. The van der Waals surface area contributed by atoms with Gasteiger partial charge in [-0.05, 0) is 42.7 Å². The third-order valence-electron chi connectivity index (χ3n) is 8.60. The van der Waals surface area contributed by atoms with Gasteiger partial charge in [0.1, 0.15) is 6.04 Å². The third-order valence-corrected chi connectivity index (χ3v) is 10.4. The molecule has 3 aliphatic rings. The molecule has 3 saturated heterocycles. The van der Waals surface area contributed by atoms with E-state index in [-0.39, 0.29) is 54.5 Å². The van der Waals surface area contributed by atoms with E-state index in [9.17, 15) is 18.0 Å². The van der Waals surface area contributed by atoms with E-state index in [2.05, 4.69) is 10.5 Å². The second kappa shape index (κ2) is 12.5. The predicted octanol–water partition coefficient (Wildman–Crippen LogP) is 1.36. The number of carbonyl (C=O) groups excluding carboxylic acids is 2. The van der Waals surface area contributed by atoms with E-state index < -0.39 is 16.1 Å². The molecule has 12 heteroatoms. The van der Waals surface area contributed by atoms with E-state index >= 15 is 0 Å². The van der Waals surface area contributed by atoms with Gasteiger partial charge in [0.2, 0.25) is 27.8 Å². The number of oxime groups is 1. The van der Waals surface area contributed by atoms with Crippen LogP contribution in [0.3, 0.4) is 0 Å². The highest BCUT2D eigenvalue weighted by molar-refractivity contribution is 7.89. The molecular weight excluding hydrogens is 544 g/mol. The molecule has 5 rings (SSSR count). The van der Waals surface area contributed by atoms with Crippen LogP contribution >= 0.6 is 0 Å². The fourth-order valence-corrected chi connectivity index (χ4v) is 8.03. The van der Waals surface area contributed by atoms with Gasteiger partial charge in [0.25, 0.3) is 0 Å². The van der Waals surface area contributed by atoms with Crippen LogP contribution in [0.15, 0.2) is 65.8 Å². The number of rotatable bonds is 8. The normalized spacial score (nSPS) is 22.7. The lowest BCUT2D eigenvalue weighted by Gasteiger charge is -2.39. The summed E-state index contributed by atoms with van der Waals surface area (Å²) in [5, 5.41) is 14.9. The van der Waals surface area contributed by atoms with Gasteiger partial charge in [-0.1, -0.05) is 65.8 Å². The largest absolute Gasteiger partial charge is 0.408 e. The zero-order valence-electron chi connectivity index (χ0n) is 23.0. The molecule has 3 aliphatic heterocycles. The Labute approximate surface area is 241 Å². The van der Waals surface area contributed by atoms with Crippen molar-refractivity contribution in [2.24, 2.45) is 16.8 Å². The van der Waals surface area contributed by atoms with Crippen LogP contribution < -0.4 is 11.1 Å². The van der Waals surface area contributed by atoms with Gasteiger partial charge in [0.15, 0.2) is 0 Å². The molecule has 4 N–H and O–H groups in total. The lowest BCUT2D eigenvalue weighted by molar-refractivity contribution is -0.143. The highest BCUT2D eigenvalue weighted by atomic mass is 32.2. The molecule has 2 amide bonds. The number of piperidine rings is 1. The summed E-state index contributed by atoms with van der Waals surface area (Å²) in [7, 11) is -3.78. The Morgan fingerprint density at radius 3 is 2.20 bits per heavy atom. The summed E-state index contributed by atoms with van der Waals surface area (Å²) in [6.07, 6.45) is 2.68. The fourth-order valence-electron chi connectivity index (χ4n) is 6.30. The van der Waals surface area contributed by atoms with Gasteiger partial charge >= 0.3 is 0 Å². The second-order valence-electron chi connectivity index (χ2n) is 11.1. The average molecular weight is 583 g/mol. The van der Waals surface area contributed by atoms with Gasteiger partial charge in [0.05, 0.1) is 12.3 Å². The Kier molecular flexibility index (Phi) is 8.79. The van der Waals surface area contributed by atoms with Crippen molar-refractivity contribution in [2.75, 3.05) is 38.5 Å². The average Bonchev–Trinajstić information content (AvgIpc) is 3.44. The molecule has 0 unspecified atom stereocenters. The molecule has 11 nitrogen and oxygen atoms in total. The lowest BCUT2D eigenvalue weighted by atomic mass is 9.93. The number of benzene rings is 2. The van der Waals surface area contributed by atoms with Crippen molar-refractivity contribution in [3.05, 3.63) is 71.8 Å². The maximum Gasteiger partial charge on any atom is 0.242 e. The number of nitrogens with one attached hydrogen (secondary N) is 1. The molecule has 0 spiro atoms. The highest BCUT2D eigenvalue weighted by Gasteiger charge is 2.47. The van der Waals surface area contributed by atoms with Crippen molar-refractivity contribution in [2.45, 2.75) is 43.7 Å². The predicted molar refractivity (Wildman–Crippen MR) is 154 cm³/mol. The van der Waals surface area contributed by atoms with E-state index in [1.165, 1.54) is 4.31 Å². The molecule has 0 radical (unpaired) electrons. The molecule has 3 heterocycles. The molecule has 0 aromatic heterocycles. The number of hydrogen-bond acceptors (Lipinski definition) is 6. The molecule has 0 bridgehead atoms. The molecule has 2 aromatic carbocycles. The number of carbonyl (C=O) groups is 2. The van der Waals surface area contributed by atoms with Gasteiger partial charge in [-0.15, -0.1) is 0 Å². The molecule has 41 heavy (non-hydrogen) atoms. The fraction of sp³-hybridized carbons (Fsp3) is 0.483. The van der Waals surface area contributed by atoms with Crippen molar-refractivity contribution < 1.29 is 23.2 Å². The van der Waals surface area contributed by atoms with Gasteiger partial charge in [-0.25, -0.2) is 8.42 Å².